The molecule has 23 heavy (non-hydrogen) atoms. The van der Waals surface area contributed by atoms with Crippen LogP contribution in [-0.2, 0) is 4.79 Å². The summed E-state index contributed by atoms with van der Waals surface area (Å²) < 4.78 is 38.0. The average Bonchev–Trinajstić information content (AvgIpc) is 2.87. The molecule has 1 heterocycles. The standard InChI is InChI=1S/C17H13F2NO3/c1-22-10-3-6-14(23-2)9(7-10)8-11-15-13(20-17(11)21)5-4-12(18)16(15)19/h3-8H,1-2H3,(H,20,21)/b11-8-. The summed E-state index contributed by atoms with van der Waals surface area (Å²) in [6.07, 6.45) is 1.45. The van der Waals surface area contributed by atoms with Crippen molar-refractivity contribution in [3.05, 3.63) is 53.1 Å². The third kappa shape index (κ3) is 2.52. The fraction of sp³-hybridized carbons (Fsp3) is 0.118. The number of ether oxygens (including phenoxy) is 2. The van der Waals surface area contributed by atoms with Gasteiger partial charge >= 0.3 is 0 Å². The predicted molar refractivity (Wildman–Crippen MR) is 82.4 cm³/mol. The SMILES string of the molecule is COc1ccc(OC)c(/C=C2\C(=O)Nc3ccc(F)c(F)c32)c1. The third-order valence-corrected chi connectivity index (χ3v) is 3.59. The van der Waals surface area contributed by atoms with Crippen LogP contribution >= 0.6 is 0 Å². The molecule has 0 saturated carbocycles. The lowest BCUT2D eigenvalue weighted by molar-refractivity contribution is -0.110. The first-order chi connectivity index (χ1) is 11.0. The smallest absolute Gasteiger partial charge is 0.256 e. The molecule has 0 bridgehead atoms. The van der Waals surface area contributed by atoms with Gasteiger partial charge in [0.2, 0.25) is 0 Å². The van der Waals surface area contributed by atoms with Gasteiger partial charge in [0.15, 0.2) is 11.6 Å². The van der Waals surface area contributed by atoms with Crippen molar-refractivity contribution in [3.63, 3.8) is 0 Å². The zero-order chi connectivity index (χ0) is 16.6. The number of methoxy groups -OCH3 is 2. The molecule has 0 unspecified atom stereocenters. The molecule has 118 valence electrons. The Morgan fingerprint density at radius 3 is 2.57 bits per heavy atom. The summed E-state index contributed by atoms with van der Waals surface area (Å²) in [5, 5.41) is 2.52. The van der Waals surface area contributed by atoms with Crippen LogP contribution in [0.25, 0.3) is 11.6 Å². The topological polar surface area (TPSA) is 47.6 Å². The van der Waals surface area contributed by atoms with Gasteiger partial charge in [-0.15, -0.1) is 0 Å². The van der Waals surface area contributed by atoms with Gasteiger partial charge in [0.25, 0.3) is 5.91 Å². The third-order valence-electron chi connectivity index (χ3n) is 3.59. The molecule has 0 aliphatic carbocycles. The van der Waals surface area contributed by atoms with Crippen LogP contribution in [0.5, 0.6) is 11.5 Å². The molecule has 0 aromatic heterocycles. The highest BCUT2D eigenvalue weighted by Crippen LogP contribution is 2.37. The molecular weight excluding hydrogens is 304 g/mol. The van der Waals surface area contributed by atoms with Gasteiger partial charge in [-0.1, -0.05) is 0 Å². The molecule has 3 rings (SSSR count). The highest BCUT2D eigenvalue weighted by Gasteiger charge is 2.29. The number of nitrogens with one attached hydrogen (secondary N) is 1. The Balaban J connectivity index is 2.19. The average molecular weight is 317 g/mol. The van der Waals surface area contributed by atoms with Gasteiger partial charge in [0, 0.05) is 11.1 Å². The first-order valence-electron chi connectivity index (χ1n) is 6.78. The molecule has 0 saturated heterocycles. The van der Waals surface area contributed by atoms with Crippen LogP contribution in [0.3, 0.4) is 0 Å². The Morgan fingerprint density at radius 1 is 1.09 bits per heavy atom. The largest absolute Gasteiger partial charge is 0.497 e. The van der Waals surface area contributed by atoms with E-state index in [0.717, 1.165) is 6.07 Å². The second-order valence-corrected chi connectivity index (χ2v) is 4.90. The van der Waals surface area contributed by atoms with Gasteiger partial charge in [-0.3, -0.25) is 4.79 Å². The quantitative estimate of drug-likeness (QED) is 0.882. The summed E-state index contributed by atoms with van der Waals surface area (Å²) in [7, 11) is 2.98. The Bertz CT molecular complexity index is 831. The summed E-state index contributed by atoms with van der Waals surface area (Å²) in [5.74, 6) is -1.54. The Labute approximate surface area is 131 Å². The minimum Gasteiger partial charge on any atom is -0.497 e. The van der Waals surface area contributed by atoms with E-state index in [9.17, 15) is 13.6 Å². The van der Waals surface area contributed by atoms with Crippen molar-refractivity contribution in [2.24, 2.45) is 0 Å². The molecular formula is C17H13F2NO3. The molecule has 0 spiro atoms. The zero-order valence-corrected chi connectivity index (χ0v) is 12.4. The maximum Gasteiger partial charge on any atom is 0.256 e. The molecule has 0 radical (unpaired) electrons. The van der Waals surface area contributed by atoms with Gasteiger partial charge in [-0.2, -0.15) is 0 Å². The second-order valence-electron chi connectivity index (χ2n) is 4.90. The lowest BCUT2D eigenvalue weighted by atomic mass is 10.0. The lowest BCUT2D eigenvalue weighted by Crippen LogP contribution is -2.03. The Morgan fingerprint density at radius 2 is 1.87 bits per heavy atom. The van der Waals surface area contributed by atoms with Crippen molar-refractivity contribution in [3.8, 4) is 11.5 Å². The Kier molecular flexibility index (Phi) is 3.73. The minimum atomic E-state index is -1.06. The molecule has 1 amide bonds. The number of hydrogen-bond acceptors (Lipinski definition) is 3. The minimum absolute atomic E-state index is 0.0311. The van der Waals surface area contributed by atoms with Crippen molar-refractivity contribution >= 4 is 23.2 Å². The van der Waals surface area contributed by atoms with Gasteiger partial charge in [0.05, 0.1) is 25.5 Å². The maximum atomic E-state index is 14.1. The van der Waals surface area contributed by atoms with Crippen molar-refractivity contribution in [1.82, 2.24) is 0 Å². The molecule has 1 aliphatic rings. The summed E-state index contributed by atoms with van der Waals surface area (Å²) in [6, 6.07) is 7.32. The summed E-state index contributed by atoms with van der Waals surface area (Å²) in [6.45, 7) is 0. The summed E-state index contributed by atoms with van der Waals surface area (Å²) >= 11 is 0. The highest BCUT2D eigenvalue weighted by molar-refractivity contribution is 6.35. The van der Waals surface area contributed by atoms with E-state index in [0.29, 0.717) is 17.1 Å². The Hall–Kier alpha value is -2.89. The number of anilines is 1. The van der Waals surface area contributed by atoms with Crippen LogP contribution in [0, 0.1) is 11.6 Å². The number of halogens is 2. The molecule has 0 atom stereocenters. The normalized spacial score (nSPS) is 14.6. The number of fused-ring (bicyclic) bond motifs is 1. The van der Waals surface area contributed by atoms with E-state index in [1.54, 1.807) is 18.2 Å². The highest BCUT2D eigenvalue weighted by atomic mass is 19.2. The van der Waals surface area contributed by atoms with Gasteiger partial charge < -0.3 is 14.8 Å². The molecule has 2 aromatic rings. The van der Waals surface area contributed by atoms with Crippen molar-refractivity contribution in [2.75, 3.05) is 19.5 Å². The van der Waals surface area contributed by atoms with E-state index in [2.05, 4.69) is 5.32 Å². The van der Waals surface area contributed by atoms with Crippen LogP contribution in [-0.4, -0.2) is 20.1 Å². The molecule has 2 aromatic carbocycles. The molecule has 4 nitrogen and oxygen atoms in total. The number of hydrogen-bond donors (Lipinski definition) is 1. The van der Waals surface area contributed by atoms with E-state index < -0.39 is 17.5 Å². The predicted octanol–water partition coefficient (Wildman–Crippen LogP) is 3.47. The van der Waals surface area contributed by atoms with Gasteiger partial charge in [-0.05, 0) is 36.4 Å². The van der Waals surface area contributed by atoms with Crippen LogP contribution in [0.4, 0.5) is 14.5 Å². The monoisotopic (exact) mass is 317 g/mol. The van der Waals surface area contributed by atoms with E-state index >= 15 is 0 Å². The van der Waals surface area contributed by atoms with E-state index in [-0.39, 0.29) is 16.8 Å². The van der Waals surface area contributed by atoms with Crippen LogP contribution in [0.15, 0.2) is 30.3 Å². The van der Waals surface area contributed by atoms with Crippen molar-refractivity contribution < 1.29 is 23.0 Å². The van der Waals surface area contributed by atoms with Gasteiger partial charge in [0.1, 0.15) is 11.5 Å². The van der Waals surface area contributed by atoms with Gasteiger partial charge in [-0.25, -0.2) is 8.78 Å². The second kappa shape index (κ2) is 5.72. The molecule has 6 heteroatoms. The zero-order valence-electron chi connectivity index (χ0n) is 12.4. The van der Waals surface area contributed by atoms with E-state index in [1.165, 1.54) is 26.4 Å². The van der Waals surface area contributed by atoms with Crippen molar-refractivity contribution in [2.45, 2.75) is 0 Å². The molecule has 1 aliphatic heterocycles. The first-order valence-corrected chi connectivity index (χ1v) is 6.78. The first kappa shape index (κ1) is 15.0. The van der Waals surface area contributed by atoms with Crippen molar-refractivity contribution in [1.29, 1.82) is 0 Å². The van der Waals surface area contributed by atoms with E-state index in [1.807, 2.05) is 0 Å². The number of carbonyl (C=O) groups excluding carboxylic acids is 1. The van der Waals surface area contributed by atoms with E-state index in [4.69, 9.17) is 9.47 Å². The summed E-state index contributed by atoms with van der Waals surface area (Å²) in [5.41, 5.74) is 0.707. The lowest BCUT2D eigenvalue weighted by Gasteiger charge is -2.08. The number of carbonyl (C=O) groups is 1. The van der Waals surface area contributed by atoms with Crippen LogP contribution in [0.2, 0.25) is 0 Å². The maximum absolute atomic E-state index is 14.1. The fourth-order valence-corrected chi connectivity index (χ4v) is 2.47. The van der Waals surface area contributed by atoms with Crippen LogP contribution < -0.4 is 14.8 Å². The fourth-order valence-electron chi connectivity index (χ4n) is 2.47. The molecule has 1 N–H and O–H groups in total. The number of rotatable bonds is 3. The number of amides is 1. The molecule has 0 fully saturated rings. The summed E-state index contributed by atoms with van der Waals surface area (Å²) in [4.78, 5) is 12.1. The van der Waals surface area contributed by atoms with Crippen LogP contribution in [0.1, 0.15) is 11.1 Å². The number of benzene rings is 2.